The van der Waals surface area contributed by atoms with Gasteiger partial charge in [0.2, 0.25) is 0 Å². The molecule has 16 heavy (non-hydrogen) atoms. The molecule has 0 fully saturated rings. The molecule has 84 valence electrons. The van der Waals surface area contributed by atoms with Gasteiger partial charge in [-0.3, -0.25) is 4.79 Å². The smallest absolute Gasteiger partial charge is 0.251 e. The molecule has 0 aliphatic rings. The molecule has 1 heterocycles. The van der Waals surface area contributed by atoms with Crippen LogP contribution in [0.1, 0.15) is 12.0 Å². The molecule has 0 radical (unpaired) electrons. The molecule has 0 bridgehead atoms. The van der Waals surface area contributed by atoms with E-state index in [9.17, 15) is 4.79 Å². The number of hydrogen-bond donors (Lipinski definition) is 2. The third-order valence-electron chi connectivity index (χ3n) is 2.53. The molecule has 0 atom stereocenters. The van der Waals surface area contributed by atoms with Crippen LogP contribution in [0.15, 0.2) is 33.5 Å². The van der Waals surface area contributed by atoms with Gasteiger partial charge in [0.15, 0.2) is 0 Å². The fraction of sp³-hybridized carbons (Fsp3) is 0.250. The summed E-state index contributed by atoms with van der Waals surface area (Å²) >= 11 is 3.42. The predicted molar refractivity (Wildman–Crippen MR) is 69.6 cm³/mol. The van der Waals surface area contributed by atoms with Crippen LogP contribution in [0.2, 0.25) is 0 Å². The van der Waals surface area contributed by atoms with E-state index in [-0.39, 0.29) is 5.56 Å². The Bertz CT molecular complexity index is 562. The molecule has 4 heteroatoms. The van der Waals surface area contributed by atoms with E-state index in [0.29, 0.717) is 6.54 Å². The third kappa shape index (κ3) is 2.33. The first-order chi connectivity index (χ1) is 7.70. The number of hydrogen-bond acceptors (Lipinski definition) is 2. The monoisotopic (exact) mass is 280 g/mol. The summed E-state index contributed by atoms with van der Waals surface area (Å²) in [7, 11) is 0. The topological polar surface area (TPSA) is 58.9 Å². The van der Waals surface area contributed by atoms with Crippen molar-refractivity contribution in [1.29, 1.82) is 0 Å². The second-order valence-corrected chi connectivity index (χ2v) is 4.66. The number of fused-ring (bicyclic) bond motifs is 1. The van der Waals surface area contributed by atoms with E-state index in [0.717, 1.165) is 33.8 Å². The summed E-state index contributed by atoms with van der Waals surface area (Å²) in [6.45, 7) is 0.607. The summed E-state index contributed by atoms with van der Waals surface area (Å²) in [6, 6.07) is 7.75. The van der Waals surface area contributed by atoms with E-state index in [4.69, 9.17) is 5.73 Å². The van der Waals surface area contributed by atoms with Crippen molar-refractivity contribution in [2.24, 2.45) is 5.73 Å². The number of halogens is 1. The van der Waals surface area contributed by atoms with Crippen molar-refractivity contribution in [1.82, 2.24) is 4.98 Å². The normalized spacial score (nSPS) is 10.9. The van der Waals surface area contributed by atoms with Crippen molar-refractivity contribution < 1.29 is 0 Å². The molecule has 2 aromatic rings. The van der Waals surface area contributed by atoms with Crippen LogP contribution in [0.25, 0.3) is 10.9 Å². The fourth-order valence-corrected chi connectivity index (χ4v) is 2.08. The summed E-state index contributed by atoms with van der Waals surface area (Å²) in [5, 5.41) is 1.04. The number of nitrogens with two attached hydrogens (primary N) is 1. The van der Waals surface area contributed by atoms with Gasteiger partial charge in [0.25, 0.3) is 5.56 Å². The van der Waals surface area contributed by atoms with Gasteiger partial charge < -0.3 is 10.7 Å². The van der Waals surface area contributed by atoms with Crippen molar-refractivity contribution in [2.45, 2.75) is 12.8 Å². The number of aromatic amines is 1. The van der Waals surface area contributed by atoms with Crippen LogP contribution < -0.4 is 11.3 Å². The molecular weight excluding hydrogens is 268 g/mol. The van der Waals surface area contributed by atoms with Gasteiger partial charge in [-0.2, -0.15) is 0 Å². The number of benzene rings is 1. The Morgan fingerprint density at radius 2 is 2.12 bits per heavy atom. The SMILES string of the molecule is NCCCc1cc2cc(Br)ccc2[nH]c1=O. The van der Waals surface area contributed by atoms with Crippen LogP contribution >= 0.6 is 15.9 Å². The quantitative estimate of drug-likeness (QED) is 0.906. The van der Waals surface area contributed by atoms with Gasteiger partial charge in [-0.1, -0.05) is 15.9 Å². The highest BCUT2D eigenvalue weighted by molar-refractivity contribution is 9.10. The lowest BCUT2D eigenvalue weighted by atomic mass is 10.1. The zero-order valence-electron chi connectivity index (χ0n) is 8.79. The molecule has 0 aliphatic carbocycles. The second-order valence-electron chi connectivity index (χ2n) is 3.75. The molecule has 0 spiro atoms. The highest BCUT2D eigenvalue weighted by Gasteiger charge is 2.02. The van der Waals surface area contributed by atoms with Crippen LogP contribution in [0.3, 0.4) is 0 Å². The summed E-state index contributed by atoms with van der Waals surface area (Å²) in [6.07, 6.45) is 1.57. The van der Waals surface area contributed by atoms with E-state index in [1.54, 1.807) is 0 Å². The molecule has 0 saturated heterocycles. The molecule has 0 aliphatic heterocycles. The number of aromatic nitrogens is 1. The Labute approximate surface area is 102 Å². The third-order valence-corrected chi connectivity index (χ3v) is 3.03. The molecule has 3 nitrogen and oxygen atoms in total. The van der Waals surface area contributed by atoms with Crippen molar-refractivity contribution in [2.75, 3.05) is 6.54 Å². The lowest BCUT2D eigenvalue weighted by Crippen LogP contribution is -2.13. The summed E-state index contributed by atoms with van der Waals surface area (Å²) < 4.78 is 1.01. The molecule has 0 unspecified atom stereocenters. The van der Waals surface area contributed by atoms with Crippen LogP contribution in [0, 0.1) is 0 Å². The Hall–Kier alpha value is -1.13. The maximum atomic E-state index is 11.7. The van der Waals surface area contributed by atoms with Crippen LogP contribution in [0.5, 0.6) is 0 Å². The number of H-pyrrole nitrogens is 1. The maximum absolute atomic E-state index is 11.7. The molecular formula is C12H13BrN2O. The minimum Gasteiger partial charge on any atom is -0.330 e. The van der Waals surface area contributed by atoms with Gasteiger partial charge in [-0.05, 0) is 49.0 Å². The van der Waals surface area contributed by atoms with Crippen molar-refractivity contribution >= 4 is 26.8 Å². The summed E-state index contributed by atoms with van der Waals surface area (Å²) in [5.74, 6) is 0. The predicted octanol–water partition coefficient (Wildman–Crippen LogP) is 2.18. The largest absolute Gasteiger partial charge is 0.330 e. The molecule has 1 aromatic heterocycles. The van der Waals surface area contributed by atoms with Crippen molar-refractivity contribution in [3.05, 3.63) is 44.7 Å². The first kappa shape index (κ1) is 11.4. The van der Waals surface area contributed by atoms with Crippen molar-refractivity contribution in [3.63, 3.8) is 0 Å². The van der Waals surface area contributed by atoms with Gasteiger partial charge in [0.05, 0.1) is 0 Å². The number of rotatable bonds is 3. The minimum atomic E-state index is -0.0109. The summed E-state index contributed by atoms with van der Waals surface area (Å²) in [4.78, 5) is 14.6. The highest BCUT2D eigenvalue weighted by Crippen LogP contribution is 2.17. The minimum absolute atomic E-state index is 0.0109. The standard InChI is InChI=1S/C12H13BrN2O/c13-10-3-4-11-9(7-10)6-8(2-1-5-14)12(16)15-11/h3-4,6-7H,1-2,5,14H2,(H,15,16). The van der Waals surface area contributed by atoms with E-state index in [2.05, 4.69) is 20.9 Å². The van der Waals surface area contributed by atoms with Gasteiger partial charge in [-0.25, -0.2) is 0 Å². The lowest BCUT2D eigenvalue weighted by molar-refractivity contribution is 0.824. The molecule has 1 aromatic carbocycles. The zero-order valence-corrected chi connectivity index (χ0v) is 10.4. The molecule has 2 rings (SSSR count). The van der Waals surface area contributed by atoms with Gasteiger partial charge in [0.1, 0.15) is 0 Å². The van der Waals surface area contributed by atoms with Crippen LogP contribution in [-0.2, 0) is 6.42 Å². The van der Waals surface area contributed by atoms with E-state index < -0.39 is 0 Å². The number of nitrogens with one attached hydrogen (secondary N) is 1. The number of aryl methyl sites for hydroxylation is 1. The summed E-state index contributed by atoms with van der Waals surface area (Å²) in [5.41, 5.74) is 7.10. The van der Waals surface area contributed by atoms with Crippen LogP contribution in [0.4, 0.5) is 0 Å². The maximum Gasteiger partial charge on any atom is 0.251 e. The van der Waals surface area contributed by atoms with E-state index in [1.165, 1.54) is 0 Å². The van der Waals surface area contributed by atoms with E-state index >= 15 is 0 Å². The molecule has 0 saturated carbocycles. The average Bonchev–Trinajstić information content (AvgIpc) is 2.27. The fourth-order valence-electron chi connectivity index (χ4n) is 1.70. The molecule has 3 N–H and O–H groups in total. The molecule has 0 amide bonds. The van der Waals surface area contributed by atoms with Gasteiger partial charge in [-0.15, -0.1) is 0 Å². The zero-order chi connectivity index (χ0) is 11.5. The van der Waals surface area contributed by atoms with Crippen LogP contribution in [-0.4, -0.2) is 11.5 Å². The first-order valence-corrected chi connectivity index (χ1v) is 6.01. The Balaban J connectivity index is 2.51. The average molecular weight is 281 g/mol. The number of pyridine rings is 1. The first-order valence-electron chi connectivity index (χ1n) is 5.22. The van der Waals surface area contributed by atoms with E-state index in [1.807, 2.05) is 24.3 Å². The Morgan fingerprint density at radius 1 is 1.31 bits per heavy atom. The lowest BCUT2D eigenvalue weighted by Gasteiger charge is -2.03. The van der Waals surface area contributed by atoms with Gasteiger partial charge >= 0.3 is 0 Å². The second kappa shape index (κ2) is 4.80. The Kier molecular flexibility index (Phi) is 3.41. The van der Waals surface area contributed by atoms with Gasteiger partial charge in [0, 0.05) is 15.6 Å². The van der Waals surface area contributed by atoms with Crippen molar-refractivity contribution in [3.8, 4) is 0 Å². The Morgan fingerprint density at radius 3 is 2.88 bits per heavy atom. The highest BCUT2D eigenvalue weighted by atomic mass is 79.9.